The molecule has 1 atom stereocenters. The van der Waals surface area contributed by atoms with E-state index >= 15 is 0 Å². The van der Waals surface area contributed by atoms with E-state index in [0.29, 0.717) is 12.2 Å². The fraction of sp³-hybridized carbons (Fsp3) is 0.458. The van der Waals surface area contributed by atoms with Gasteiger partial charge in [0.05, 0.1) is 7.11 Å². The molecule has 0 heterocycles. The zero-order valence-electron chi connectivity index (χ0n) is 19.3. The number of phenols is 1. The summed E-state index contributed by atoms with van der Waals surface area (Å²) < 4.78 is 10.7. The Morgan fingerprint density at radius 1 is 0.931 bits per heavy atom. The first-order valence-electron chi connectivity index (χ1n) is 10.1. The lowest BCUT2D eigenvalue weighted by molar-refractivity contribution is -0.142. The number of hydrogen-bond acceptors (Lipinski definition) is 5. The van der Waals surface area contributed by atoms with Gasteiger partial charge in [0.1, 0.15) is 23.3 Å². The number of esters is 1. The van der Waals surface area contributed by atoms with E-state index in [4.69, 9.17) is 10.5 Å². The minimum atomic E-state index is -0.682. The Morgan fingerprint density at radius 3 is 1.79 bits per heavy atom. The van der Waals surface area contributed by atoms with Gasteiger partial charge in [-0.25, -0.2) is 0 Å². The predicted octanol–water partition coefficient (Wildman–Crippen LogP) is 5.51. The largest absolute Gasteiger partial charge is 0.507 e. The maximum Gasteiger partial charge on any atom is 0.322 e. The lowest BCUT2D eigenvalue weighted by Crippen LogP contribution is -2.33. The number of phenolic OH excluding ortho intramolecular Hbond substituents is 1. The molecule has 0 fully saturated rings. The van der Waals surface area contributed by atoms with Crippen molar-refractivity contribution >= 4 is 5.97 Å². The fourth-order valence-electron chi connectivity index (χ4n) is 2.90. The van der Waals surface area contributed by atoms with Crippen LogP contribution in [0.1, 0.15) is 55.5 Å². The molecule has 2 aromatic rings. The maximum absolute atomic E-state index is 11.5. The zero-order chi connectivity index (χ0) is 22.7. The van der Waals surface area contributed by atoms with Crippen LogP contribution in [0.2, 0.25) is 0 Å². The van der Waals surface area contributed by atoms with Crippen LogP contribution in [0.5, 0.6) is 17.2 Å². The molecule has 162 valence electrons. The molecule has 0 saturated heterocycles. The normalized spacial score (nSPS) is 10.7. The monoisotopic (exact) mass is 403 g/mol. The first-order valence-corrected chi connectivity index (χ1v) is 10.1. The molecule has 0 aliphatic heterocycles. The van der Waals surface area contributed by atoms with Crippen LogP contribution in [0.4, 0.5) is 0 Å². The first kappa shape index (κ1) is 26.5. The van der Waals surface area contributed by atoms with Crippen molar-refractivity contribution in [1.82, 2.24) is 0 Å². The van der Waals surface area contributed by atoms with Crippen molar-refractivity contribution in [3.8, 4) is 17.2 Å². The van der Waals surface area contributed by atoms with Crippen LogP contribution in [-0.4, -0.2) is 24.2 Å². The van der Waals surface area contributed by atoms with Crippen LogP contribution >= 0.6 is 0 Å². The quantitative estimate of drug-likeness (QED) is 0.643. The van der Waals surface area contributed by atoms with E-state index in [2.05, 4.69) is 4.74 Å². The summed E-state index contributed by atoms with van der Waals surface area (Å²) in [6.45, 7) is 15.6. The highest BCUT2D eigenvalue weighted by atomic mass is 16.5. The molecule has 0 aliphatic carbocycles. The summed E-state index contributed by atoms with van der Waals surface area (Å²) in [5.74, 6) is 1.30. The molecule has 29 heavy (non-hydrogen) atoms. The van der Waals surface area contributed by atoms with Crippen LogP contribution in [0.3, 0.4) is 0 Å². The number of rotatable bonds is 5. The summed E-state index contributed by atoms with van der Waals surface area (Å²) >= 11 is 0. The molecule has 0 saturated carbocycles. The van der Waals surface area contributed by atoms with E-state index < -0.39 is 12.0 Å². The molecule has 0 bridgehead atoms. The van der Waals surface area contributed by atoms with Gasteiger partial charge in [-0.3, -0.25) is 4.79 Å². The summed E-state index contributed by atoms with van der Waals surface area (Å²) in [5.41, 5.74) is 10.2. The third-order valence-electron chi connectivity index (χ3n) is 4.16. The molecule has 5 nitrogen and oxygen atoms in total. The second-order valence-corrected chi connectivity index (χ2v) is 6.40. The topological polar surface area (TPSA) is 81.8 Å². The van der Waals surface area contributed by atoms with Crippen molar-refractivity contribution in [2.45, 2.75) is 67.9 Å². The van der Waals surface area contributed by atoms with Crippen LogP contribution in [-0.2, 0) is 16.0 Å². The predicted molar refractivity (Wildman–Crippen MR) is 120 cm³/mol. The number of carbonyl (C=O) groups is 1. The minimum absolute atomic E-state index is 0.285. The number of methoxy groups -OCH3 is 1. The smallest absolute Gasteiger partial charge is 0.322 e. The van der Waals surface area contributed by atoms with Gasteiger partial charge in [0.2, 0.25) is 0 Å². The van der Waals surface area contributed by atoms with E-state index in [1.165, 1.54) is 7.11 Å². The molecule has 2 aromatic carbocycles. The van der Waals surface area contributed by atoms with Gasteiger partial charge in [-0.05, 0) is 74.1 Å². The van der Waals surface area contributed by atoms with E-state index in [-0.39, 0.29) is 5.75 Å². The summed E-state index contributed by atoms with van der Waals surface area (Å²) in [6, 6.07) is 6.86. The Balaban J connectivity index is 0.00000184. The first-order chi connectivity index (χ1) is 13.7. The number of hydrogen-bond donors (Lipinski definition) is 2. The van der Waals surface area contributed by atoms with Crippen LogP contribution in [0.25, 0.3) is 0 Å². The number of carbonyl (C=O) groups excluding carboxylic acids is 1. The standard InChI is InChI=1S/C20H25NO4.2C2H6/c1-11-8-16(9-12(2)18(11)22)25-19-13(3)6-15(7-14(19)4)10-17(21)20(23)24-5;2*1-2/h6-9,17,22H,10,21H2,1-5H3;2*1-2H3. The molecule has 0 aliphatic rings. The van der Waals surface area contributed by atoms with E-state index in [1.807, 2.05) is 79.7 Å². The van der Waals surface area contributed by atoms with Crippen molar-refractivity contribution in [2.24, 2.45) is 5.73 Å². The molecule has 0 amide bonds. The summed E-state index contributed by atoms with van der Waals surface area (Å²) in [5, 5.41) is 9.89. The van der Waals surface area contributed by atoms with Crippen molar-refractivity contribution in [1.29, 1.82) is 0 Å². The average molecular weight is 404 g/mol. The Labute approximate surface area is 175 Å². The third-order valence-corrected chi connectivity index (χ3v) is 4.16. The Hall–Kier alpha value is -2.53. The van der Waals surface area contributed by atoms with Gasteiger partial charge >= 0.3 is 5.97 Å². The second kappa shape index (κ2) is 12.8. The molecular weight excluding hydrogens is 366 g/mol. The molecule has 3 N–H and O–H groups in total. The van der Waals surface area contributed by atoms with Crippen molar-refractivity contribution in [3.05, 3.63) is 52.1 Å². The van der Waals surface area contributed by atoms with Crippen molar-refractivity contribution < 1.29 is 19.4 Å². The molecule has 2 rings (SSSR count). The Kier molecular flexibility index (Phi) is 11.7. The number of aromatic hydroxyl groups is 1. The minimum Gasteiger partial charge on any atom is -0.507 e. The van der Waals surface area contributed by atoms with E-state index in [9.17, 15) is 9.90 Å². The van der Waals surface area contributed by atoms with Gasteiger partial charge in [-0.1, -0.05) is 39.8 Å². The van der Waals surface area contributed by atoms with Crippen LogP contribution in [0, 0.1) is 27.7 Å². The molecule has 1 unspecified atom stereocenters. The van der Waals surface area contributed by atoms with Crippen LogP contribution < -0.4 is 10.5 Å². The van der Waals surface area contributed by atoms with Gasteiger partial charge in [0, 0.05) is 0 Å². The maximum atomic E-state index is 11.5. The third kappa shape index (κ3) is 7.42. The SMILES string of the molecule is CC.CC.COC(=O)C(N)Cc1cc(C)c(Oc2cc(C)c(O)c(C)c2)c(C)c1. The Bertz CT molecular complexity index is 753. The highest BCUT2D eigenvalue weighted by Crippen LogP contribution is 2.33. The zero-order valence-corrected chi connectivity index (χ0v) is 19.3. The molecule has 0 spiro atoms. The van der Waals surface area contributed by atoms with E-state index in [1.54, 1.807) is 0 Å². The number of ether oxygens (including phenoxy) is 2. The summed E-state index contributed by atoms with van der Waals surface area (Å²) in [4.78, 5) is 11.5. The number of nitrogens with two attached hydrogens (primary N) is 1. The Morgan fingerprint density at radius 2 is 1.38 bits per heavy atom. The highest BCUT2D eigenvalue weighted by Gasteiger charge is 2.16. The molecular formula is C24H37NO4. The van der Waals surface area contributed by atoms with Crippen molar-refractivity contribution in [2.75, 3.05) is 7.11 Å². The molecule has 5 heteroatoms. The second-order valence-electron chi connectivity index (χ2n) is 6.40. The van der Waals surface area contributed by atoms with Gasteiger partial charge in [0.15, 0.2) is 0 Å². The van der Waals surface area contributed by atoms with Crippen LogP contribution in [0.15, 0.2) is 24.3 Å². The summed E-state index contributed by atoms with van der Waals surface area (Å²) in [7, 11) is 1.33. The number of aryl methyl sites for hydroxylation is 4. The van der Waals surface area contributed by atoms with Gasteiger partial charge < -0.3 is 20.3 Å². The van der Waals surface area contributed by atoms with Crippen molar-refractivity contribution in [3.63, 3.8) is 0 Å². The highest BCUT2D eigenvalue weighted by molar-refractivity contribution is 5.75. The number of benzene rings is 2. The van der Waals surface area contributed by atoms with Gasteiger partial charge in [-0.15, -0.1) is 0 Å². The van der Waals surface area contributed by atoms with Gasteiger partial charge in [-0.2, -0.15) is 0 Å². The average Bonchev–Trinajstić information content (AvgIpc) is 2.71. The fourth-order valence-corrected chi connectivity index (χ4v) is 2.90. The van der Waals surface area contributed by atoms with Gasteiger partial charge in [0.25, 0.3) is 0 Å². The molecule has 0 radical (unpaired) electrons. The molecule has 0 aromatic heterocycles. The summed E-state index contributed by atoms with van der Waals surface area (Å²) in [6.07, 6.45) is 0.409. The lowest BCUT2D eigenvalue weighted by atomic mass is 10.0. The van der Waals surface area contributed by atoms with E-state index in [0.717, 1.165) is 33.6 Å². The lowest BCUT2D eigenvalue weighted by Gasteiger charge is -2.16.